The van der Waals surface area contributed by atoms with Crippen molar-refractivity contribution in [2.75, 3.05) is 39.3 Å². The van der Waals surface area contributed by atoms with E-state index in [4.69, 9.17) is 10.2 Å². The first-order valence-electron chi connectivity index (χ1n) is 7.70. The molecule has 0 fully saturated rings. The summed E-state index contributed by atoms with van der Waals surface area (Å²) < 4.78 is 0. The molecule has 128 valence electrons. The van der Waals surface area contributed by atoms with Crippen LogP contribution in [0.5, 0.6) is 0 Å². The van der Waals surface area contributed by atoms with Gasteiger partial charge in [-0.15, -0.1) is 0 Å². The average molecular weight is 306 g/mol. The zero-order valence-corrected chi connectivity index (χ0v) is 14.6. The third kappa shape index (κ3) is 24.3. The predicted octanol–water partition coefficient (Wildman–Crippen LogP) is 2.24. The molecule has 2 N–H and O–H groups in total. The molecule has 0 saturated heterocycles. The van der Waals surface area contributed by atoms with Crippen LogP contribution in [0.15, 0.2) is 0 Å². The zero-order chi connectivity index (χ0) is 17.3. The summed E-state index contributed by atoms with van der Waals surface area (Å²) in [5.74, 6) is -2.62. The Kier molecular flexibility index (Phi) is 22.3. The molecule has 0 heterocycles. The Morgan fingerprint density at radius 2 is 0.810 bits per heavy atom. The van der Waals surface area contributed by atoms with Crippen molar-refractivity contribution in [1.82, 2.24) is 9.80 Å². The van der Waals surface area contributed by atoms with Crippen LogP contribution in [0.2, 0.25) is 0 Å². The number of hydrogen-bond acceptors (Lipinski definition) is 4. The standard InChI is InChI=1S/2C6H15N.C3H4O4/c2*1-4-7(5-2)6-3;4-2(5)1-3(6)7/h2*4-6H2,1-3H3;1H2,(H,4,5)(H,6,7). The minimum Gasteiger partial charge on any atom is -0.481 e. The summed E-state index contributed by atoms with van der Waals surface area (Å²) in [6, 6.07) is 0. The maximum atomic E-state index is 9.43. The fourth-order valence-electron chi connectivity index (χ4n) is 1.47. The Morgan fingerprint density at radius 1 is 0.619 bits per heavy atom. The first-order chi connectivity index (χ1) is 9.82. The largest absolute Gasteiger partial charge is 0.481 e. The van der Waals surface area contributed by atoms with Gasteiger partial charge in [0.15, 0.2) is 0 Å². The molecule has 0 rings (SSSR count). The SMILES string of the molecule is CCN(CC)CC.CCN(CC)CC.O=C(O)CC(=O)O. The molecule has 6 nitrogen and oxygen atoms in total. The molecule has 0 aromatic carbocycles. The van der Waals surface area contributed by atoms with Crippen molar-refractivity contribution in [3.05, 3.63) is 0 Å². The van der Waals surface area contributed by atoms with Crippen molar-refractivity contribution in [2.24, 2.45) is 0 Å². The van der Waals surface area contributed by atoms with Crippen molar-refractivity contribution < 1.29 is 19.8 Å². The second-order valence-corrected chi connectivity index (χ2v) is 4.20. The molecule has 0 amide bonds. The van der Waals surface area contributed by atoms with Gasteiger partial charge in [-0.3, -0.25) is 9.59 Å². The summed E-state index contributed by atoms with van der Waals surface area (Å²) in [4.78, 5) is 23.6. The highest BCUT2D eigenvalue weighted by atomic mass is 16.4. The van der Waals surface area contributed by atoms with Gasteiger partial charge in [-0.05, 0) is 39.3 Å². The first kappa shape index (κ1) is 24.9. The molecule has 21 heavy (non-hydrogen) atoms. The fourth-order valence-corrected chi connectivity index (χ4v) is 1.47. The summed E-state index contributed by atoms with van der Waals surface area (Å²) in [5.41, 5.74) is 0. The summed E-state index contributed by atoms with van der Waals surface area (Å²) in [5, 5.41) is 15.4. The van der Waals surface area contributed by atoms with Crippen LogP contribution in [0, 0.1) is 0 Å². The van der Waals surface area contributed by atoms with Gasteiger partial charge in [0.2, 0.25) is 0 Å². The van der Waals surface area contributed by atoms with Gasteiger partial charge in [0, 0.05) is 0 Å². The van der Waals surface area contributed by atoms with E-state index < -0.39 is 18.4 Å². The zero-order valence-electron chi connectivity index (χ0n) is 14.6. The van der Waals surface area contributed by atoms with E-state index in [-0.39, 0.29) is 0 Å². The van der Waals surface area contributed by atoms with Crippen LogP contribution in [-0.4, -0.2) is 71.2 Å². The summed E-state index contributed by atoms with van der Waals surface area (Å²) >= 11 is 0. The van der Waals surface area contributed by atoms with Crippen LogP contribution >= 0.6 is 0 Å². The molecule has 0 spiro atoms. The van der Waals surface area contributed by atoms with Crippen LogP contribution in [0.1, 0.15) is 48.0 Å². The van der Waals surface area contributed by atoms with Crippen molar-refractivity contribution in [3.8, 4) is 0 Å². The Morgan fingerprint density at radius 3 is 0.810 bits per heavy atom. The quantitative estimate of drug-likeness (QED) is 0.669. The van der Waals surface area contributed by atoms with Gasteiger partial charge in [0.25, 0.3) is 0 Å². The van der Waals surface area contributed by atoms with E-state index in [0.717, 1.165) is 0 Å². The molecular weight excluding hydrogens is 272 g/mol. The lowest BCUT2D eigenvalue weighted by Gasteiger charge is -2.13. The molecule has 0 aromatic heterocycles. The number of rotatable bonds is 8. The normalized spacial score (nSPS) is 9.52. The van der Waals surface area contributed by atoms with Crippen LogP contribution in [0.25, 0.3) is 0 Å². The summed E-state index contributed by atoms with van der Waals surface area (Å²) in [6.45, 7) is 20.2. The molecule has 0 unspecified atom stereocenters. The van der Waals surface area contributed by atoms with Gasteiger partial charge in [-0.25, -0.2) is 0 Å². The highest BCUT2D eigenvalue weighted by molar-refractivity contribution is 5.88. The number of carboxylic acid groups (broad SMARTS) is 2. The van der Waals surface area contributed by atoms with Crippen molar-refractivity contribution in [1.29, 1.82) is 0 Å². The smallest absolute Gasteiger partial charge is 0.314 e. The Balaban J connectivity index is -0.000000231. The number of carboxylic acids is 2. The highest BCUT2D eigenvalue weighted by Gasteiger charge is 2.01. The topological polar surface area (TPSA) is 81.1 Å². The summed E-state index contributed by atoms with van der Waals surface area (Å²) in [7, 11) is 0. The summed E-state index contributed by atoms with van der Waals surface area (Å²) in [6.07, 6.45) is -0.806. The number of carbonyl (C=O) groups is 2. The molecule has 0 bridgehead atoms. The molecule has 6 heteroatoms. The molecule has 0 aliphatic heterocycles. The van der Waals surface area contributed by atoms with Gasteiger partial charge in [0.1, 0.15) is 6.42 Å². The van der Waals surface area contributed by atoms with Crippen molar-refractivity contribution >= 4 is 11.9 Å². The maximum absolute atomic E-state index is 9.43. The van der Waals surface area contributed by atoms with E-state index >= 15 is 0 Å². The number of aliphatic carboxylic acids is 2. The highest BCUT2D eigenvalue weighted by Crippen LogP contribution is 1.82. The van der Waals surface area contributed by atoms with Gasteiger partial charge >= 0.3 is 11.9 Å². The third-order valence-corrected chi connectivity index (χ3v) is 2.99. The lowest BCUT2D eigenvalue weighted by Crippen LogP contribution is -2.21. The second-order valence-electron chi connectivity index (χ2n) is 4.20. The Bertz CT molecular complexity index is 205. The van der Waals surface area contributed by atoms with E-state index in [1.165, 1.54) is 39.3 Å². The average Bonchev–Trinajstić information content (AvgIpc) is 2.42. The Labute approximate surface area is 129 Å². The lowest BCUT2D eigenvalue weighted by molar-refractivity contribution is -0.147. The van der Waals surface area contributed by atoms with Crippen LogP contribution in [0.4, 0.5) is 0 Å². The lowest BCUT2D eigenvalue weighted by atomic mass is 10.5. The molecule has 0 radical (unpaired) electrons. The van der Waals surface area contributed by atoms with E-state index in [2.05, 4.69) is 51.3 Å². The second kappa shape index (κ2) is 18.9. The number of hydrogen-bond donors (Lipinski definition) is 2. The molecule has 0 aliphatic rings. The van der Waals surface area contributed by atoms with Gasteiger partial charge in [-0.2, -0.15) is 0 Å². The molecular formula is C15H34N2O4. The van der Waals surface area contributed by atoms with E-state index in [9.17, 15) is 9.59 Å². The van der Waals surface area contributed by atoms with Crippen LogP contribution in [-0.2, 0) is 9.59 Å². The number of nitrogens with zero attached hydrogens (tertiary/aromatic N) is 2. The first-order valence-corrected chi connectivity index (χ1v) is 7.70. The van der Waals surface area contributed by atoms with Crippen molar-refractivity contribution in [3.63, 3.8) is 0 Å². The minimum absolute atomic E-state index is 0.806. The van der Waals surface area contributed by atoms with E-state index in [1.54, 1.807) is 0 Å². The van der Waals surface area contributed by atoms with Gasteiger partial charge in [0.05, 0.1) is 0 Å². The van der Waals surface area contributed by atoms with Gasteiger partial charge in [-0.1, -0.05) is 41.5 Å². The van der Waals surface area contributed by atoms with Crippen molar-refractivity contribution in [2.45, 2.75) is 48.0 Å². The van der Waals surface area contributed by atoms with E-state index in [0.29, 0.717) is 0 Å². The molecule has 0 saturated carbocycles. The third-order valence-electron chi connectivity index (χ3n) is 2.99. The minimum atomic E-state index is -1.31. The molecule has 0 aromatic rings. The van der Waals surface area contributed by atoms with Crippen LogP contribution < -0.4 is 0 Å². The van der Waals surface area contributed by atoms with Gasteiger partial charge < -0.3 is 20.0 Å². The Hall–Kier alpha value is -1.14. The predicted molar refractivity (Wildman–Crippen MR) is 86.8 cm³/mol. The van der Waals surface area contributed by atoms with Crippen LogP contribution in [0.3, 0.4) is 0 Å². The molecule has 0 aliphatic carbocycles. The maximum Gasteiger partial charge on any atom is 0.314 e. The monoisotopic (exact) mass is 306 g/mol. The fraction of sp³-hybridized carbons (Fsp3) is 0.867. The molecule has 0 atom stereocenters. The van der Waals surface area contributed by atoms with E-state index in [1.807, 2.05) is 0 Å².